The number of hydrogen-bond acceptors (Lipinski definition) is 14. The summed E-state index contributed by atoms with van der Waals surface area (Å²) in [5.74, 6) is -5.02. The Morgan fingerprint density at radius 2 is 0.900 bits per heavy atom. The van der Waals surface area contributed by atoms with Gasteiger partial charge in [0.05, 0.1) is 22.5 Å². The summed E-state index contributed by atoms with van der Waals surface area (Å²) < 4.78 is 11.7. The van der Waals surface area contributed by atoms with Crippen LogP contribution in [0.3, 0.4) is 0 Å². The van der Waals surface area contributed by atoms with E-state index >= 15 is 0 Å². The van der Waals surface area contributed by atoms with Crippen molar-refractivity contribution in [2.75, 3.05) is 0 Å². The van der Waals surface area contributed by atoms with Crippen molar-refractivity contribution in [2.24, 2.45) is 33.7 Å². The molecule has 2 heterocycles. The predicted molar refractivity (Wildman–Crippen MR) is 223 cm³/mol. The Kier molecular flexibility index (Phi) is 9.99. The van der Waals surface area contributed by atoms with Gasteiger partial charge in [0.2, 0.25) is 10.3 Å². The number of ketones is 4. The van der Waals surface area contributed by atoms with Crippen LogP contribution >= 0.6 is 22.7 Å². The summed E-state index contributed by atoms with van der Waals surface area (Å²) in [6, 6.07) is 18.5. The number of ether oxygens (including phenoxy) is 2. The van der Waals surface area contributed by atoms with Gasteiger partial charge in [-0.3, -0.25) is 19.2 Å². The molecule has 10 rings (SSSR count). The van der Waals surface area contributed by atoms with Crippen molar-refractivity contribution in [1.29, 1.82) is 0 Å². The van der Waals surface area contributed by atoms with Crippen LogP contribution in [-0.2, 0) is 51.5 Å². The highest BCUT2D eigenvalue weighted by Crippen LogP contribution is 2.55. The zero-order chi connectivity index (χ0) is 41.1. The largest absolute Gasteiger partial charge is 0.457 e. The van der Waals surface area contributed by atoms with Crippen molar-refractivity contribution in [2.45, 2.75) is 76.4 Å². The van der Waals surface area contributed by atoms with Crippen LogP contribution in [0, 0.1) is 23.7 Å². The summed E-state index contributed by atoms with van der Waals surface area (Å²) in [5, 5.41) is 0.280. The second-order valence-electron chi connectivity index (χ2n) is 16.1. The molecule has 0 amide bonds. The number of aromatic nitrogens is 2. The number of esters is 2. The summed E-state index contributed by atoms with van der Waals surface area (Å²) in [7, 11) is 0. The van der Waals surface area contributed by atoms with E-state index in [2.05, 4.69) is 9.98 Å². The molecule has 0 aliphatic heterocycles. The third kappa shape index (κ3) is 6.75. The molecule has 6 unspecified atom stereocenters. The van der Waals surface area contributed by atoms with Crippen LogP contribution in [0.1, 0.15) is 95.5 Å². The van der Waals surface area contributed by atoms with E-state index < -0.39 is 23.8 Å². The Hall–Kier alpha value is -5.86. The molecule has 0 radical (unpaired) electrons. The molecular formula is C46H38N4O8S2. The van der Waals surface area contributed by atoms with Crippen LogP contribution in [0.25, 0.3) is 11.1 Å². The minimum absolute atomic E-state index is 0.000314. The number of carbonyl (C=O) groups is 6. The standard InChI is InChI=1S/C46H38N4O8S2/c51-37-25-15-7-8-16-26(25)38(52)35(37)49-45-47-33-31(43(55)57-21-23-11-3-1-4-12-23)19-29-30(41(33)59-45)20-32(44(56)58-22-24-13-5-2-6-14-24)34-42(29)60-46(48-34)50-36-39(53)27-17-9-10-18-28(27)40(36)54/h1-6,11-14,19-20,25-30H,7-10,15-18,21-22H2. The van der Waals surface area contributed by atoms with E-state index in [0.29, 0.717) is 35.4 Å². The number of rotatable bonds is 8. The van der Waals surface area contributed by atoms with Crippen LogP contribution in [-0.4, -0.2) is 56.5 Å². The smallest absolute Gasteiger partial charge is 0.340 e. The number of carbonyl (C=O) groups excluding carboxylic acids is 6. The second kappa shape index (κ2) is 15.6. The van der Waals surface area contributed by atoms with E-state index in [0.717, 1.165) is 59.5 Å². The fraction of sp³-hybridized carbons (Fsp3) is 0.348. The third-order valence-corrected chi connectivity index (χ3v) is 14.7. The maximum absolute atomic E-state index is 14.1. The van der Waals surface area contributed by atoms with Gasteiger partial charge in [-0.15, -0.1) is 0 Å². The number of nitrogens with zero attached hydrogens (tertiary/aromatic N) is 4. The van der Waals surface area contributed by atoms with Gasteiger partial charge in [0.15, 0.2) is 34.6 Å². The highest BCUT2D eigenvalue weighted by atomic mass is 32.1. The Bertz CT molecular complexity index is 2390. The van der Waals surface area contributed by atoms with Crippen molar-refractivity contribution < 1.29 is 38.2 Å². The van der Waals surface area contributed by atoms with Crippen LogP contribution in [0.2, 0.25) is 0 Å². The average molecular weight is 839 g/mol. The van der Waals surface area contributed by atoms with Crippen LogP contribution in [0.15, 0.2) is 82.8 Å². The molecule has 60 heavy (non-hydrogen) atoms. The maximum atomic E-state index is 14.1. The normalized spacial score (nSPS) is 25.3. The van der Waals surface area contributed by atoms with Gasteiger partial charge in [-0.2, -0.15) is 0 Å². The van der Waals surface area contributed by atoms with Gasteiger partial charge in [0, 0.05) is 45.3 Å². The maximum Gasteiger partial charge on any atom is 0.340 e. The lowest BCUT2D eigenvalue weighted by atomic mass is 9.76. The van der Waals surface area contributed by atoms with Gasteiger partial charge in [-0.25, -0.2) is 29.5 Å². The quantitative estimate of drug-likeness (QED) is 0.159. The van der Waals surface area contributed by atoms with E-state index in [-0.39, 0.29) is 104 Å². The molecule has 2 aromatic carbocycles. The van der Waals surface area contributed by atoms with Gasteiger partial charge >= 0.3 is 11.9 Å². The molecule has 302 valence electrons. The first-order valence-corrected chi connectivity index (χ1v) is 22.1. The summed E-state index contributed by atoms with van der Waals surface area (Å²) in [6.07, 6.45) is 9.60. The minimum atomic E-state index is -0.643. The zero-order valence-corrected chi connectivity index (χ0v) is 34.0. The first-order valence-electron chi connectivity index (χ1n) is 20.5. The lowest BCUT2D eigenvalue weighted by Gasteiger charge is -2.30. The predicted octanol–water partition coefficient (Wildman–Crippen LogP) is 7.81. The first-order chi connectivity index (χ1) is 29.2. The third-order valence-electron chi connectivity index (χ3n) is 12.6. The number of allylic oxidation sites excluding steroid dienone is 2. The van der Waals surface area contributed by atoms with Crippen LogP contribution in [0.4, 0.5) is 10.3 Å². The molecule has 6 atom stereocenters. The average Bonchev–Trinajstić information content (AvgIpc) is 4.03. The Morgan fingerprint density at radius 1 is 0.550 bits per heavy atom. The molecule has 0 N–H and O–H groups in total. The Morgan fingerprint density at radius 3 is 1.25 bits per heavy atom. The SMILES string of the molecule is O=C(OCc1ccccc1)C1=CC2c3sc(N=C4C(=O)C5CCCCC5C4=O)nc3C(C(=O)OCc3ccccc3)=CC2c2sc(N=C3C(=O)C4CCCCC4C3=O)nc21. The van der Waals surface area contributed by atoms with E-state index in [9.17, 15) is 28.8 Å². The second-order valence-corrected chi connectivity index (χ2v) is 18.1. The first kappa shape index (κ1) is 38.3. The number of hydrogen-bond donors (Lipinski definition) is 0. The van der Waals surface area contributed by atoms with Crippen molar-refractivity contribution in [3.05, 3.63) is 105 Å². The number of aliphatic imine (C=N–C) groups is 2. The molecule has 0 bridgehead atoms. The molecule has 4 saturated carbocycles. The molecule has 2 aromatic heterocycles. The molecule has 0 saturated heterocycles. The lowest BCUT2D eigenvalue weighted by Crippen LogP contribution is -2.23. The summed E-state index contributed by atoms with van der Waals surface area (Å²) in [6.45, 7) is 0.000627. The Labute approximate surface area is 352 Å². The van der Waals surface area contributed by atoms with Crippen LogP contribution < -0.4 is 0 Å². The van der Waals surface area contributed by atoms with Gasteiger partial charge in [-0.05, 0) is 36.8 Å². The molecule has 6 aliphatic rings. The fourth-order valence-electron chi connectivity index (χ4n) is 9.58. The van der Waals surface area contributed by atoms with Gasteiger partial charge < -0.3 is 9.47 Å². The summed E-state index contributed by atoms with van der Waals surface area (Å²) in [5.41, 5.74) is 2.22. The number of thiazole rings is 2. The van der Waals surface area contributed by atoms with Crippen molar-refractivity contribution in [3.8, 4) is 0 Å². The topological polar surface area (TPSA) is 171 Å². The lowest BCUT2D eigenvalue weighted by molar-refractivity contribution is -0.138. The summed E-state index contributed by atoms with van der Waals surface area (Å²) >= 11 is 2.29. The molecule has 12 nitrogen and oxygen atoms in total. The van der Waals surface area contributed by atoms with Gasteiger partial charge in [-0.1, -0.05) is 121 Å². The molecule has 4 fully saturated rings. The van der Waals surface area contributed by atoms with Crippen molar-refractivity contribution in [3.63, 3.8) is 0 Å². The monoisotopic (exact) mass is 838 g/mol. The highest BCUT2D eigenvalue weighted by molar-refractivity contribution is 7.16. The van der Waals surface area contributed by atoms with E-state index in [1.165, 1.54) is 0 Å². The van der Waals surface area contributed by atoms with Gasteiger partial charge in [0.25, 0.3) is 0 Å². The summed E-state index contributed by atoms with van der Waals surface area (Å²) in [4.78, 5) is 102. The molecule has 14 heteroatoms. The van der Waals surface area contributed by atoms with Crippen LogP contribution in [0.5, 0.6) is 0 Å². The minimum Gasteiger partial charge on any atom is -0.457 e. The van der Waals surface area contributed by atoms with E-state index in [1.807, 2.05) is 60.7 Å². The molecule has 4 aromatic rings. The number of benzene rings is 2. The highest BCUT2D eigenvalue weighted by Gasteiger charge is 2.50. The zero-order valence-electron chi connectivity index (χ0n) is 32.3. The molecule has 6 aliphatic carbocycles. The van der Waals surface area contributed by atoms with Crippen molar-refractivity contribution in [1.82, 2.24) is 9.97 Å². The molecular weight excluding hydrogens is 801 g/mol. The number of fused-ring (bicyclic) bond motifs is 7. The van der Waals surface area contributed by atoms with Crippen molar-refractivity contribution >= 4 is 90.6 Å². The van der Waals surface area contributed by atoms with E-state index in [1.54, 1.807) is 12.2 Å². The Balaban J connectivity index is 1.07. The molecule has 0 spiro atoms. The van der Waals surface area contributed by atoms with E-state index in [4.69, 9.17) is 19.4 Å². The number of Topliss-reactive ketones (excluding diaryl/α,β-unsaturated/α-hetero) is 4. The van der Waals surface area contributed by atoms with Gasteiger partial charge in [0.1, 0.15) is 13.2 Å². The fourth-order valence-corrected chi connectivity index (χ4v) is 11.7.